The van der Waals surface area contributed by atoms with E-state index in [0.29, 0.717) is 17.9 Å². The fraction of sp³-hybridized carbons (Fsp3) is 0.471. The number of pyridine rings is 1. The number of hydrogen-bond acceptors (Lipinski definition) is 5. The minimum absolute atomic E-state index is 0.294. The Morgan fingerprint density at radius 2 is 2.14 bits per heavy atom. The molecule has 1 aliphatic heterocycles. The lowest BCUT2D eigenvalue weighted by Crippen LogP contribution is -2.28. The summed E-state index contributed by atoms with van der Waals surface area (Å²) in [7, 11) is 0. The number of nitrogens with zero attached hydrogens (tertiary/aromatic N) is 4. The second-order valence-corrected chi connectivity index (χ2v) is 6.21. The Balaban J connectivity index is 1.47. The molecule has 0 amide bonds. The zero-order valence-electron chi connectivity index (χ0n) is 12.7. The highest BCUT2D eigenvalue weighted by Crippen LogP contribution is 2.41. The number of hydrogen-bond donors (Lipinski definition) is 0. The molecule has 3 heterocycles. The van der Waals surface area contributed by atoms with Gasteiger partial charge in [0.05, 0.1) is 6.20 Å². The standard InChI is InChI=1S/C17H20N4O/c1-12-19-8-6-17(20-12)21-10-13-4-5-16(15(13)11-21)22-14-3-2-7-18-9-14/h2-3,6-9,13,15-16H,4-5,10-11H2,1H3/t13-,15+,16-/m1/s1. The molecule has 2 aliphatic rings. The first-order valence-electron chi connectivity index (χ1n) is 7.91. The maximum absolute atomic E-state index is 6.18. The van der Waals surface area contributed by atoms with Crippen LogP contribution in [0.2, 0.25) is 0 Å². The second-order valence-electron chi connectivity index (χ2n) is 6.21. The minimum atomic E-state index is 0.294. The van der Waals surface area contributed by atoms with Gasteiger partial charge >= 0.3 is 0 Å². The molecule has 2 fully saturated rings. The Hall–Kier alpha value is -2.17. The molecule has 5 nitrogen and oxygen atoms in total. The van der Waals surface area contributed by atoms with Crippen LogP contribution in [0.5, 0.6) is 5.75 Å². The fourth-order valence-corrected chi connectivity index (χ4v) is 3.76. The summed E-state index contributed by atoms with van der Waals surface area (Å²) < 4.78 is 6.18. The predicted molar refractivity (Wildman–Crippen MR) is 83.8 cm³/mol. The van der Waals surface area contributed by atoms with Crippen LogP contribution in [0.3, 0.4) is 0 Å². The molecule has 0 bridgehead atoms. The van der Waals surface area contributed by atoms with Crippen LogP contribution in [-0.2, 0) is 0 Å². The minimum Gasteiger partial charge on any atom is -0.488 e. The zero-order valence-corrected chi connectivity index (χ0v) is 12.7. The number of ether oxygens (including phenoxy) is 1. The summed E-state index contributed by atoms with van der Waals surface area (Å²) in [5, 5.41) is 0. The molecule has 114 valence electrons. The number of rotatable bonds is 3. The number of fused-ring (bicyclic) bond motifs is 1. The van der Waals surface area contributed by atoms with Gasteiger partial charge in [-0.25, -0.2) is 9.97 Å². The van der Waals surface area contributed by atoms with E-state index in [-0.39, 0.29) is 0 Å². The highest BCUT2D eigenvalue weighted by Gasteiger charge is 2.44. The van der Waals surface area contributed by atoms with E-state index >= 15 is 0 Å². The molecule has 3 atom stereocenters. The van der Waals surface area contributed by atoms with Crippen LogP contribution in [0.15, 0.2) is 36.8 Å². The maximum Gasteiger partial charge on any atom is 0.138 e. The van der Waals surface area contributed by atoms with E-state index in [9.17, 15) is 0 Å². The quantitative estimate of drug-likeness (QED) is 0.871. The Morgan fingerprint density at radius 1 is 1.18 bits per heavy atom. The van der Waals surface area contributed by atoms with Crippen molar-refractivity contribution in [2.75, 3.05) is 18.0 Å². The van der Waals surface area contributed by atoms with Crippen LogP contribution >= 0.6 is 0 Å². The highest BCUT2D eigenvalue weighted by molar-refractivity contribution is 5.39. The summed E-state index contributed by atoms with van der Waals surface area (Å²) in [6, 6.07) is 5.91. The van der Waals surface area contributed by atoms with Gasteiger partial charge in [-0.3, -0.25) is 4.98 Å². The molecular formula is C17H20N4O. The molecule has 5 heteroatoms. The smallest absolute Gasteiger partial charge is 0.138 e. The maximum atomic E-state index is 6.18. The predicted octanol–water partition coefficient (Wildman–Crippen LogP) is 2.47. The van der Waals surface area contributed by atoms with E-state index in [0.717, 1.165) is 36.9 Å². The van der Waals surface area contributed by atoms with Crippen LogP contribution in [-0.4, -0.2) is 34.1 Å². The summed E-state index contributed by atoms with van der Waals surface area (Å²) in [6.07, 6.45) is 8.08. The van der Waals surface area contributed by atoms with Crippen LogP contribution in [0, 0.1) is 18.8 Å². The van der Waals surface area contributed by atoms with Crippen molar-refractivity contribution in [3.05, 3.63) is 42.6 Å². The van der Waals surface area contributed by atoms with Crippen LogP contribution < -0.4 is 9.64 Å². The second kappa shape index (κ2) is 5.55. The van der Waals surface area contributed by atoms with Crippen molar-refractivity contribution in [2.45, 2.75) is 25.9 Å². The number of anilines is 1. The largest absolute Gasteiger partial charge is 0.488 e. The van der Waals surface area contributed by atoms with Gasteiger partial charge < -0.3 is 9.64 Å². The summed E-state index contributed by atoms with van der Waals surface area (Å²) in [5.74, 6) is 4.04. The molecule has 1 saturated heterocycles. The van der Waals surface area contributed by atoms with Gasteiger partial charge in [0.2, 0.25) is 0 Å². The molecule has 0 unspecified atom stereocenters. The number of aryl methyl sites for hydroxylation is 1. The van der Waals surface area contributed by atoms with Gasteiger partial charge in [-0.15, -0.1) is 0 Å². The van der Waals surface area contributed by atoms with Crippen molar-refractivity contribution in [1.29, 1.82) is 0 Å². The lowest BCUT2D eigenvalue weighted by molar-refractivity contribution is 0.158. The molecule has 2 aromatic heterocycles. The van der Waals surface area contributed by atoms with Gasteiger partial charge in [-0.05, 0) is 43.9 Å². The molecule has 1 saturated carbocycles. The van der Waals surface area contributed by atoms with E-state index in [1.54, 1.807) is 12.4 Å². The highest BCUT2D eigenvalue weighted by atomic mass is 16.5. The first-order chi connectivity index (χ1) is 10.8. The summed E-state index contributed by atoms with van der Waals surface area (Å²) in [6.45, 7) is 4.04. The van der Waals surface area contributed by atoms with Crippen molar-refractivity contribution < 1.29 is 4.74 Å². The molecule has 4 rings (SSSR count). The molecular weight excluding hydrogens is 276 g/mol. The molecule has 0 aromatic carbocycles. The first-order valence-corrected chi connectivity index (χ1v) is 7.91. The van der Waals surface area contributed by atoms with E-state index < -0.39 is 0 Å². The van der Waals surface area contributed by atoms with Crippen molar-refractivity contribution in [3.63, 3.8) is 0 Å². The third-order valence-corrected chi connectivity index (χ3v) is 4.80. The SMILES string of the molecule is Cc1nccc(N2C[C@H]3CC[C@@H](Oc4cccnc4)[C@H]3C2)n1. The van der Waals surface area contributed by atoms with Crippen LogP contribution in [0.4, 0.5) is 5.82 Å². The Labute approximate surface area is 130 Å². The Kier molecular flexibility index (Phi) is 3.41. The van der Waals surface area contributed by atoms with Crippen molar-refractivity contribution in [2.24, 2.45) is 11.8 Å². The monoisotopic (exact) mass is 296 g/mol. The molecule has 0 radical (unpaired) electrons. The van der Waals surface area contributed by atoms with Gasteiger partial charge in [-0.1, -0.05) is 0 Å². The number of aromatic nitrogens is 3. The van der Waals surface area contributed by atoms with Crippen LogP contribution in [0.25, 0.3) is 0 Å². The zero-order chi connectivity index (χ0) is 14.9. The third-order valence-electron chi connectivity index (χ3n) is 4.80. The van der Waals surface area contributed by atoms with Crippen molar-refractivity contribution in [1.82, 2.24) is 15.0 Å². The van der Waals surface area contributed by atoms with Gasteiger partial charge in [0.25, 0.3) is 0 Å². The van der Waals surface area contributed by atoms with Crippen LogP contribution in [0.1, 0.15) is 18.7 Å². The van der Waals surface area contributed by atoms with Gasteiger partial charge in [0.1, 0.15) is 23.5 Å². The van der Waals surface area contributed by atoms with E-state index in [2.05, 4.69) is 19.9 Å². The van der Waals surface area contributed by atoms with E-state index in [1.165, 1.54) is 6.42 Å². The van der Waals surface area contributed by atoms with Gasteiger partial charge in [-0.2, -0.15) is 0 Å². The van der Waals surface area contributed by atoms with Gasteiger partial charge in [0.15, 0.2) is 0 Å². The average Bonchev–Trinajstić information content (AvgIpc) is 3.11. The lowest BCUT2D eigenvalue weighted by atomic mass is 9.99. The summed E-state index contributed by atoms with van der Waals surface area (Å²) in [4.78, 5) is 15.3. The molecule has 0 spiro atoms. The van der Waals surface area contributed by atoms with Crippen molar-refractivity contribution >= 4 is 5.82 Å². The molecule has 22 heavy (non-hydrogen) atoms. The molecule has 1 aliphatic carbocycles. The summed E-state index contributed by atoms with van der Waals surface area (Å²) >= 11 is 0. The van der Waals surface area contributed by atoms with E-state index in [1.807, 2.05) is 31.3 Å². The average molecular weight is 296 g/mol. The normalized spacial score (nSPS) is 27.0. The van der Waals surface area contributed by atoms with Crippen molar-refractivity contribution in [3.8, 4) is 5.75 Å². The lowest BCUT2D eigenvalue weighted by Gasteiger charge is -2.22. The third kappa shape index (κ3) is 2.51. The Bertz CT molecular complexity index is 648. The van der Waals surface area contributed by atoms with E-state index in [4.69, 9.17) is 4.74 Å². The summed E-state index contributed by atoms with van der Waals surface area (Å²) in [5.41, 5.74) is 0. The first kappa shape index (κ1) is 13.5. The topological polar surface area (TPSA) is 51.1 Å². The molecule has 2 aromatic rings. The molecule has 0 N–H and O–H groups in total. The fourth-order valence-electron chi connectivity index (χ4n) is 3.76. The Morgan fingerprint density at radius 3 is 2.95 bits per heavy atom. The van der Waals surface area contributed by atoms with Gasteiger partial charge in [0, 0.05) is 31.4 Å².